The molecule has 0 fully saturated rings. The van der Waals surface area contributed by atoms with Crippen molar-refractivity contribution in [3.05, 3.63) is 33.7 Å². The van der Waals surface area contributed by atoms with E-state index in [1.54, 1.807) is 0 Å². The summed E-state index contributed by atoms with van der Waals surface area (Å²) in [4.78, 5) is 0. The van der Waals surface area contributed by atoms with Crippen molar-refractivity contribution >= 4 is 55.7 Å². The van der Waals surface area contributed by atoms with Crippen LogP contribution >= 0.6 is 43.5 Å². The molecule has 1 aromatic carbocycles. The predicted octanol–water partition coefficient (Wildman–Crippen LogP) is 1.99. The number of fused-ring (bicyclic) bond motifs is 1. The van der Waals surface area contributed by atoms with Crippen molar-refractivity contribution in [3.63, 3.8) is 0 Å². The lowest BCUT2D eigenvalue weighted by molar-refractivity contribution is 0.630. The zero-order valence-electron chi connectivity index (χ0n) is 7.93. The van der Waals surface area contributed by atoms with Crippen LogP contribution in [0.3, 0.4) is 0 Å². The second-order valence-electron chi connectivity index (χ2n) is 3.63. The van der Waals surface area contributed by atoms with Crippen LogP contribution in [0.25, 0.3) is 12.3 Å². The molecule has 1 nitrogen and oxygen atoms in total. The first-order chi connectivity index (χ1) is 7.19. The third-order valence-corrected chi connectivity index (χ3v) is 4.71. The van der Waals surface area contributed by atoms with Gasteiger partial charge in [-0.15, -0.1) is 0 Å². The summed E-state index contributed by atoms with van der Waals surface area (Å²) in [5.74, 6) is 0. The van der Waals surface area contributed by atoms with Gasteiger partial charge in [-0.3, -0.25) is 0 Å². The molecular weight excluding hydrogens is 341 g/mol. The lowest BCUT2D eigenvalue weighted by Crippen LogP contribution is -2.51. The summed E-state index contributed by atoms with van der Waals surface area (Å²) in [7, 11) is 0. The van der Waals surface area contributed by atoms with Crippen LogP contribution < -0.4 is 15.8 Å². The third-order valence-electron chi connectivity index (χ3n) is 2.47. The molecule has 1 aromatic rings. The van der Waals surface area contributed by atoms with Gasteiger partial charge in [0.05, 0.1) is 5.54 Å². The molecule has 1 N–H and O–H groups in total. The maximum absolute atomic E-state index is 5.94. The quantitative estimate of drug-likeness (QED) is 0.804. The molecule has 0 aromatic heterocycles. The van der Waals surface area contributed by atoms with Crippen LogP contribution in [-0.2, 0) is 0 Å². The standard InChI is InChI=1S/C11H10Br2ClN/c12-6-11(7-13)4-8-1-2-10(14)3-9(8)5-15-11/h1-5,15H,6-7H2. The number of hydrogen-bond acceptors (Lipinski definition) is 1. The van der Waals surface area contributed by atoms with Crippen molar-refractivity contribution in [3.8, 4) is 0 Å². The van der Waals surface area contributed by atoms with Gasteiger partial charge in [0, 0.05) is 21.9 Å². The topological polar surface area (TPSA) is 12.0 Å². The van der Waals surface area contributed by atoms with Gasteiger partial charge in [0.25, 0.3) is 0 Å². The lowest BCUT2D eigenvalue weighted by atomic mass is 10.00. The van der Waals surface area contributed by atoms with Crippen molar-refractivity contribution in [1.82, 2.24) is 5.32 Å². The molecule has 0 spiro atoms. The normalized spacial score (nSPS) is 17.0. The van der Waals surface area contributed by atoms with Gasteiger partial charge in [0.15, 0.2) is 0 Å². The smallest absolute Gasteiger partial charge is 0.0753 e. The fourth-order valence-electron chi connectivity index (χ4n) is 1.55. The Hall–Kier alpha value is 0.01000. The Morgan fingerprint density at radius 2 is 1.93 bits per heavy atom. The first kappa shape index (κ1) is 11.5. The van der Waals surface area contributed by atoms with Crippen molar-refractivity contribution in [2.45, 2.75) is 5.54 Å². The molecule has 0 amide bonds. The SMILES string of the molecule is Clc1ccc2c(c1)=CNC(CBr)(CBr)C=2. The number of benzene rings is 1. The van der Waals surface area contributed by atoms with Gasteiger partial charge in [0.1, 0.15) is 0 Å². The molecule has 2 rings (SSSR count). The van der Waals surface area contributed by atoms with Crippen LogP contribution in [0.4, 0.5) is 0 Å². The number of hydrogen-bond donors (Lipinski definition) is 1. The van der Waals surface area contributed by atoms with Crippen LogP contribution in [0.15, 0.2) is 18.2 Å². The Bertz CT molecular complexity index is 480. The van der Waals surface area contributed by atoms with Gasteiger partial charge in [-0.1, -0.05) is 49.5 Å². The highest BCUT2D eigenvalue weighted by atomic mass is 79.9. The van der Waals surface area contributed by atoms with Gasteiger partial charge in [-0.05, 0) is 28.6 Å². The average Bonchev–Trinajstić information content (AvgIpc) is 2.28. The van der Waals surface area contributed by atoms with Crippen molar-refractivity contribution < 1.29 is 0 Å². The molecule has 0 saturated carbocycles. The number of rotatable bonds is 2. The first-order valence-electron chi connectivity index (χ1n) is 4.57. The lowest BCUT2D eigenvalue weighted by Gasteiger charge is -2.29. The van der Waals surface area contributed by atoms with Crippen LogP contribution in [0.1, 0.15) is 0 Å². The Balaban J connectivity index is 2.58. The summed E-state index contributed by atoms with van der Waals surface area (Å²) in [5.41, 5.74) is -0.0408. The van der Waals surface area contributed by atoms with E-state index in [0.29, 0.717) is 0 Å². The highest BCUT2D eigenvalue weighted by Gasteiger charge is 2.24. The molecule has 15 heavy (non-hydrogen) atoms. The molecule has 1 aliphatic heterocycles. The van der Waals surface area contributed by atoms with Crippen molar-refractivity contribution in [2.75, 3.05) is 10.7 Å². The fraction of sp³-hybridized carbons (Fsp3) is 0.273. The third kappa shape index (κ3) is 2.24. The monoisotopic (exact) mass is 349 g/mol. The van der Waals surface area contributed by atoms with Gasteiger partial charge in [0.2, 0.25) is 0 Å². The maximum Gasteiger partial charge on any atom is 0.0753 e. The van der Waals surface area contributed by atoms with Crippen LogP contribution in [-0.4, -0.2) is 16.2 Å². The van der Waals surface area contributed by atoms with Crippen molar-refractivity contribution in [1.29, 1.82) is 0 Å². The second-order valence-corrected chi connectivity index (χ2v) is 5.19. The van der Waals surface area contributed by atoms with E-state index in [1.165, 1.54) is 5.22 Å². The number of nitrogens with one attached hydrogen (secondary N) is 1. The van der Waals surface area contributed by atoms with Gasteiger partial charge >= 0.3 is 0 Å². The van der Waals surface area contributed by atoms with E-state index < -0.39 is 0 Å². The Kier molecular flexibility index (Phi) is 3.43. The second kappa shape index (κ2) is 4.48. The number of alkyl halides is 2. The largest absolute Gasteiger partial charge is 0.380 e. The van der Waals surface area contributed by atoms with E-state index in [-0.39, 0.29) is 5.54 Å². The summed E-state index contributed by atoms with van der Waals surface area (Å²) in [6.45, 7) is 0. The van der Waals surface area contributed by atoms with E-state index in [0.717, 1.165) is 20.9 Å². The molecular formula is C11H10Br2ClN. The van der Waals surface area contributed by atoms with E-state index in [2.05, 4.69) is 49.3 Å². The van der Waals surface area contributed by atoms with Crippen molar-refractivity contribution in [2.24, 2.45) is 0 Å². The zero-order chi connectivity index (χ0) is 10.9. The van der Waals surface area contributed by atoms with E-state index in [1.807, 2.05) is 18.3 Å². The van der Waals surface area contributed by atoms with Crippen LogP contribution in [0.5, 0.6) is 0 Å². The molecule has 0 radical (unpaired) electrons. The minimum Gasteiger partial charge on any atom is -0.380 e. The molecule has 0 bridgehead atoms. The summed E-state index contributed by atoms with van der Waals surface area (Å²) in [6, 6.07) is 5.94. The predicted molar refractivity (Wildman–Crippen MR) is 73.1 cm³/mol. The Labute approximate surface area is 110 Å². The van der Waals surface area contributed by atoms with E-state index >= 15 is 0 Å². The Morgan fingerprint density at radius 1 is 1.20 bits per heavy atom. The molecule has 1 aliphatic rings. The summed E-state index contributed by atoms with van der Waals surface area (Å²) in [6.07, 6.45) is 4.24. The minimum absolute atomic E-state index is 0.0408. The fourth-order valence-corrected chi connectivity index (χ4v) is 3.31. The van der Waals surface area contributed by atoms with Gasteiger partial charge < -0.3 is 5.32 Å². The van der Waals surface area contributed by atoms with Crippen LogP contribution in [0, 0.1) is 0 Å². The zero-order valence-corrected chi connectivity index (χ0v) is 11.9. The summed E-state index contributed by atoms with van der Waals surface area (Å²) >= 11 is 13.0. The minimum atomic E-state index is -0.0408. The van der Waals surface area contributed by atoms with Gasteiger partial charge in [-0.25, -0.2) is 0 Å². The highest BCUT2D eigenvalue weighted by molar-refractivity contribution is 9.09. The highest BCUT2D eigenvalue weighted by Crippen LogP contribution is 2.15. The molecule has 0 saturated heterocycles. The molecule has 0 atom stereocenters. The summed E-state index contributed by atoms with van der Waals surface area (Å²) < 4.78 is 0. The van der Waals surface area contributed by atoms with Gasteiger partial charge in [-0.2, -0.15) is 0 Å². The molecule has 1 heterocycles. The first-order valence-corrected chi connectivity index (χ1v) is 7.19. The average molecular weight is 351 g/mol. The molecule has 4 heteroatoms. The molecule has 80 valence electrons. The molecule has 0 aliphatic carbocycles. The maximum atomic E-state index is 5.94. The molecule has 0 unspecified atom stereocenters. The number of halogens is 3. The van der Waals surface area contributed by atoms with E-state index in [9.17, 15) is 0 Å². The Morgan fingerprint density at radius 3 is 2.60 bits per heavy atom. The van der Waals surface area contributed by atoms with E-state index in [4.69, 9.17) is 11.6 Å². The summed E-state index contributed by atoms with van der Waals surface area (Å²) in [5, 5.41) is 8.24. The van der Waals surface area contributed by atoms with Crippen LogP contribution in [0.2, 0.25) is 5.02 Å².